The highest BCUT2D eigenvalue weighted by Crippen LogP contribution is 2.32. The second-order valence-electron chi connectivity index (χ2n) is 7.64. The van der Waals surface area contributed by atoms with E-state index in [4.69, 9.17) is 9.47 Å². The van der Waals surface area contributed by atoms with Crippen LogP contribution in [0, 0.1) is 6.92 Å². The summed E-state index contributed by atoms with van der Waals surface area (Å²) in [7, 11) is 0. The standard InChI is InChI=1S/C21H31N2O2/c1-17(22-13-15-24-16-14-22)20-7-2-3-8-21(20)25-19-9-11-23(12-10-19)18-5-4-6-18/h2-3,7-8,17-19H,1,4-6,9-16H2. The highest BCUT2D eigenvalue weighted by molar-refractivity contribution is 5.37. The van der Waals surface area contributed by atoms with Crippen LogP contribution in [0.5, 0.6) is 5.75 Å². The molecule has 137 valence electrons. The van der Waals surface area contributed by atoms with Crippen molar-refractivity contribution in [3.63, 3.8) is 0 Å². The van der Waals surface area contributed by atoms with Crippen molar-refractivity contribution in [3.8, 4) is 5.75 Å². The van der Waals surface area contributed by atoms with Crippen LogP contribution in [-0.2, 0) is 4.74 Å². The maximum atomic E-state index is 6.45. The van der Waals surface area contributed by atoms with Gasteiger partial charge in [0.25, 0.3) is 0 Å². The van der Waals surface area contributed by atoms with Crippen molar-refractivity contribution in [2.24, 2.45) is 0 Å². The minimum Gasteiger partial charge on any atom is -0.490 e. The van der Waals surface area contributed by atoms with Gasteiger partial charge in [-0.1, -0.05) is 24.6 Å². The van der Waals surface area contributed by atoms with E-state index in [9.17, 15) is 0 Å². The summed E-state index contributed by atoms with van der Waals surface area (Å²) in [6.07, 6.45) is 6.85. The monoisotopic (exact) mass is 343 g/mol. The molecule has 4 nitrogen and oxygen atoms in total. The first-order valence-corrected chi connectivity index (χ1v) is 9.96. The Labute approximate surface area is 152 Å². The van der Waals surface area contributed by atoms with Gasteiger partial charge in [-0.3, -0.25) is 4.90 Å². The third-order valence-corrected chi connectivity index (χ3v) is 6.13. The van der Waals surface area contributed by atoms with Crippen LogP contribution in [0.2, 0.25) is 0 Å². The van der Waals surface area contributed by atoms with E-state index in [-0.39, 0.29) is 6.04 Å². The second-order valence-corrected chi connectivity index (χ2v) is 7.64. The van der Waals surface area contributed by atoms with Gasteiger partial charge in [-0.2, -0.15) is 0 Å². The molecule has 1 saturated carbocycles. The predicted molar refractivity (Wildman–Crippen MR) is 99.8 cm³/mol. The van der Waals surface area contributed by atoms with Crippen LogP contribution in [0.15, 0.2) is 24.3 Å². The van der Waals surface area contributed by atoms with E-state index in [0.717, 1.165) is 50.9 Å². The molecule has 3 aliphatic rings. The first kappa shape index (κ1) is 17.3. The van der Waals surface area contributed by atoms with Gasteiger partial charge in [-0.05, 0) is 38.7 Å². The average molecular weight is 343 g/mol. The molecule has 1 radical (unpaired) electrons. The minimum atomic E-state index is 0.134. The number of morpholine rings is 1. The van der Waals surface area contributed by atoms with Crippen LogP contribution in [0.25, 0.3) is 0 Å². The lowest BCUT2D eigenvalue weighted by molar-refractivity contribution is 0.0228. The molecule has 1 atom stereocenters. The molecule has 25 heavy (non-hydrogen) atoms. The second kappa shape index (κ2) is 8.07. The number of ether oxygens (including phenoxy) is 2. The Morgan fingerprint density at radius 1 is 1.00 bits per heavy atom. The number of nitrogens with zero attached hydrogens (tertiary/aromatic N) is 2. The molecule has 2 aliphatic heterocycles. The molecule has 4 rings (SSSR count). The number of rotatable bonds is 5. The number of hydrogen-bond donors (Lipinski definition) is 0. The number of benzene rings is 1. The first-order chi connectivity index (χ1) is 12.3. The molecular formula is C21H31N2O2. The Hall–Kier alpha value is -1.10. The van der Waals surface area contributed by atoms with Gasteiger partial charge in [0, 0.05) is 43.8 Å². The molecule has 3 fully saturated rings. The molecule has 2 saturated heterocycles. The lowest BCUT2D eigenvalue weighted by Gasteiger charge is -2.42. The highest BCUT2D eigenvalue weighted by Gasteiger charge is 2.30. The molecular weight excluding hydrogens is 312 g/mol. The number of likely N-dealkylation sites (tertiary alicyclic amines) is 1. The van der Waals surface area contributed by atoms with Crippen LogP contribution >= 0.6 is 0 Å². The predicted octanol–water partition coefficient (Wildman–Crippen LogP) is 3.29. The fraction of sp³-hybridized carbons (Fsp3) is 0.667. The Kier molecular flexibility index (Phi) is 5.59. The van der Waals surface area contributed by atoms with E-state index >= 15 is 0 Å². The maximum absolute atomic E-state index is 6.45. The van der Waals surface area contributed by atoms with Gasteiger partial charge in [0.2, 0.25) is 0 Å². The Balaban J connectivity index is 1.37. The van der Waals surface area contributed by atoms with Crippen molar-refractivity contribution in [1.29, 1.82) is 0 Å². The fourth-order valence-electron chi connectivity index (χ4n) is 4.24. The quantitative estimate of drug-likeness (QED) is 0.819. The first-order valence-electron chi connectivity index (χ1n) is 9.96. The normalized spacial score (nSPS) is 25.5. The molecule has 1 aromatic rings. The summed E-state index contributed by atoms with van der Waals surface area (Å²) in [5, 5.41) is 0. The lowest BCUT2D eigenvalue weighted by Crippen LogP contribution is -2.46. The van der Waals surface area contributed by atoms with Crippen molar-refractivity contribution in [1.82, 2.24) is 9.80 Å². The largest absolute Gasteiger partial charge is 0.490 e. The molecule has 0 amide bonds. The smallest absolute Gasteiger partial charge is 0.124 e. The Morgan fingerprint density at radius 2 is 1.72 bits per heavy atom. The van der Waals surface area contributed by atoms with E-state index in [0.29, 0.717) is 6.10 Å². The molecule has 1 aliphatic carbocycles. The Bertz CT molecular complexity index is 547. The summed E-state index contributed by atoms with van der Waals surface area (Å²) in [4.78, 5) is 5.07. The SMILES string of the molecule is [CH2]C(c1ccccc1OC1CCN(C2CCC2)CC1)N1CCOCC1. The number of hydrogen-bond acceptors (Lipinski definition) is 4. The minimum absolute atomic E-state index is 0.134. The van der Waals surface area contributed by atoms with Crippen molar-refractivity contribution < 1.29 is 9.47 Å². The highest BCUT2D eigenvalue weighted by atomic mass is 16.5. The van der Waals surface area contributed by atoms with Gasteiger partial charge >= 0.3 is 0 Å². The van der Waals surface area contributed by atoms with E-state index in [2.05, 4.69) is 41.0 Å². The molecule has 4 heteroatoms. The van der Waals surface area contributed by atoms with Crippen molar-refractivity contribution in [2.75, 3.05) is 39.4 Å². The molecule has 0 bridgehead atoms. The summed E-state index contributed by atoms with van der Waals surface area (Å²) in [6, 6.07) is 9.46. The van der Waals surface area contributed by atoms with E-state index < -0.39 is 0 Å². The van der Waals surface area contributed by atoms with Gasteiger partial charge in [-0.25, -0.2) is 0 Å². The third-order valence-electron chi connectivity index (χ3n) is 6.13. The molecule has 0 spiro atoms. The number of piperidine rings is 1. The molecule has 1 unspecified atom stereocenters. The molecule has 0 aromatic heterocycles. The zero-order valence-corrected chi connectivity index (χ0v) is 15.2. The summed E-state index contributed by atoms with van der Waals surface area (Å²) < 4.78 is 11.9. The van der Waals surface area contributed by atoms with Crippen LogP contribution in [0.1, 0.15) is 43.7 Å². The van der Waals surface area contributed by atoms with Crippen LogP contribution in [0.3, 0.4) is 0 Å². The summed E-state index contributed by atoms with van der Waals surface area (Å²) >= 11 is 0. The van der Waals surface area contributed by atoms with Crippen LogP contribution in [0.4, 0.5) is 0 Å². The molecule has 1 aromatic carbocycles. The Morgan fingerprint density at radius 3 is 2.40 bits per heavy atom. The van der Waals surface area contributed by atoms with Crippen LogP contribution in [-0.4, -0.2) is 61.3 Å². The van der Waals surface area contributed by atoms with Gasteiger partial charge in [-0.15, -0.1) is 0 Å². The van der Waals surface area contributed by atoms with Crippen molar-refractivity contribution in [2.45, 2.75) is 50.3 Å². The van der Waals surface area contributed by atoms with E-state index in [1.54, 1.807) is 0 Å². The van der Waals surface area contributed by atoms with Gasteiger partial charge < -0.3 is 14.4 Å². The van der Waals surface area contributed by atoms with E-state index in [1.807, 2.05) is 0 Å². The van der Waals surface area contributed by atoms with Gasteiger partial charge in [0.1, 0.15) is 11.9 Å². The van der Waals surface area contributed by atoms with Gasteiger partial charge in [0.05, 0.1) is 13.2 Å². The maximum Gasteiger partial charge on any atom is 0.124 e. The average Bonchev–Trinajstić information content (AvgIpc) is 2.62. The zero-order chi connectivity index (χ0) is 17.1. The molecule has 2 heterocycles. The van der Waals surface area contributed by atoms with Crippen LogP contribution < -0.4 is 4.74 Å². The lowest BCUT2D eigenvalue weighted by atomic mass is 9.89. The molecule has 0 N–H and O–H groups in total. The number of para-hydroxylation sites is 1. The topological polar surface area (TPSA) is 24.9 Å². The third kappa shape index (κ3) is 4.02. The fourth-order valence-corrected chi connectivity index (χ4v) is 4.24. The summed E-state index contributed by atoms with van der Waals surface area (Å²) in [5.41, 5.74) is 1.21. The van der Waals surface area contributed by atoms with Crippen molar-refractivity contribution in [3.05, 3.63) is 36.8 Å². The van der Waals surface area contributed by atoms with Gasteiger partial charge in [0.15, 0.2) is 0 Å². The summed E-state index contributed by atoms with van der Waals surface area (Å²) in [5.74, 6) is 1.02. The zero-order valence-electron chi connectivity index (χ0n) is 15.2. The summed E-state index contributed by atoms with van der Waals surface area (Å²) in [6.45, 7) is 10.3. The van der Waals surface area contributed by atoms with E-state index in [1.165, 1.54) is 37.9 Å². The van der Waals surface area contributed by atoms with Crippen molar-refractivity contribution >= 4 is 0 Å².